The number of carboxylic acid groups (broad SMARTS) is 1. The summed E-state index contributed by atoms with van der Waals surface area (Å²) in [7, 11) is 0. The molecular formula is C29H28N2O6. The molecule has 0 bridgehead atoms. The van der Waals surface area contributed by atoms with Crippen LogP contribution in [-0.4, -0.2) is 34.5 Å². The molecule has 2 aromatic carbocycles. The van der Waals surface area contributed by atoms with Gasteiger partial charge >= 0.3 is 5.97 Å². The van der Waals surface area contributed by atoms with Gasteiger partial charge in [-0.1, -0.05) is 30.3 Å². The van der Waals surface area contributed by atoms with E-state index in [1.807, 2.05) is 61.5 Å². The summed E-state index contributed by atoms with van der Waals surface area (Å²) in [5, 5.41) is 12.5. The average molecular weight is 501 g/mol. The maximum Gasteiger partial charge on any atom is 0.326 e. The van der Waals surface area contributed by atoms with Crippen LogP contribution >= 0.6 is 0 Å². The first-order chi connectivity index (χ1) is 17.9. The highest BCUT2D eigenvalue weighted by Gasteiger charge is 2.19. The zero-order valence-corrected chi connectivity index (χ0v) is 20.6. The summed E-state index contributed by atoms with van der Waals surface area (Å²) in [4.78, 5) is 28.5. The highest BCUT2D eigenvalue weighted by molar-refractivity contribution is 6.02. The number of oxazole rings is 1. The number of carbonyl (C=O) groups excluding carboxylic acids is 1. The number of hydrogen-bond donors (Lipinski definition) is 2. The molecule has 0 fully saturated rings. The van der Waals surface area contributed by atoms with E-state index < -0.39 is 12.0 Å². The van der Waals surface area contributed by atoms with Crippen LogP contribution in [0.5, 0.6) is 5.75 Å². The second-order valence-electron chi connectivity index (χ2n) is 8.54. The van der Waals surface area contributed by atoms with Crippen molar-refractivity contribution in [1.82, 2.24) is 10.3 Å². The zero-order valence-electron chi connectivity index (χ0n) is 20.6. The van der Waals surface area contributed by atoms with Crippen LogP contribution in [0.2, 0.25) is 0 Å². The number of carbonyl (C=O) groups is 2. The van der Waals surface area contributed by atoms with Crippen molar-refractivity contribution < 1.29 is 28.3 Å². The SMILES string of the molecule is C/C(=C\C(=O)c1ccco1)N[C@@H](Cc1ccc(OCCc2nc(-c3ccccc3)oc2C)cc1)C(=O)O. The van der Waals surface area contributed by atoms with Crippen molar-refractivity contribution in [3.05, 3.63) is 108 Å². The molecule has 37 heavy (non-hydrogen) atoms. The highest BCUT2D eigenvalue weighted by Crippen LogP contribution is 2.22. The van der Waals surface area contributed by atoms with Crippen molar-refractivity contribution in [2.24, 2.45) is 0 Å². The van der Waals surface area contributed by atoms with Crippen LogP contribution in [0.15, 0.2) is 93.6 Å². The number of carboxylic acids is 1. The quantitative estimate of drug-likeness (QED) is 0.201. The van der Waals surface area contributed by atoms with Crippen LogP contribution in [-0.2, 0) is 17.6 Å². The van der Waals surface area contributed by atoms with E-state index in [-0.39, 0.29) is 18.0 Å². The van der Waals surface area contributed by atoms with E-state index in [1.165, 1.54) is 12.3 Å². The van der Waals surface area contributed by atoms with Crippen LogP contribution in [0.3, 0.4) is 0 Å². The molecule has 0 spiro atoms. The van der Waals surface area contributed by atoms with Gasteiger partial charge in [-0.05, 0) is 55.8 Å². The Hall–Kier alpha value is -4.59. The van der Waals surface area contributed by atoms with Gasteiger partial charge in [0.15, 0.2) is 5.76 Å². The smallest absolute Gasteiger partial charge is 0.326 e. The van der Waals surface area contributed by atoms with Crippen LogP contribution in [0.4, 0.5) is 0 Å². The first-order valence-corrected chi connectivity index (χ1v) is 11.9. The fraction of sp³-hybridized carbons (Fsp3) is 0.207. The first kappa shape index (κ1) is 25.5. The highest BCUT2D eigenvalue weighted by atomic mass is 16.5. The van der Waals surface area contributed by atoms with Crippen LogP contribution < -0.4 is 10.1 Å². The first-order valence-electron chi connectivity index (χ1n) is 11.9. The van der Waals surface area contributed by atoms with Crippen LogP contribution in [0, 0.1) is 6.92 Å². The number of nitrogens with zero attached hydrogens (tertiary/aromatic N) is 1. The van der Waals surface area contributed by atoms with Gasteiger partial charge in [0, 0.05) is 30.2 Å². The van der Waals surface area contributed by atoms with Gasteiger partial charge in [-0.25, -0.2) is 9.78 Å². The number of ether oxygens (including phenoxy) is 1. The standard InChI is InChI=1S/C29H28N2O6/c1-19(17-26(32)27-9-6-15-36-27)30-25(29(33)34)18-21-10-12-23(13-11-21)35-16-14-24-20(2)37-28(31-24)22-7-4-3-5-8-22/h3-13,15,17,25,30H,14,16,18H2,1-2H3,(H,33,34)/b19-17+/t25-/m0/s1. The lowest BCUT2D eigenvalue weighted by molar-refractivity contribution is -0.139. The number of aryl methyl sites for hydroxylation is 1. The van der Waals surface area contributed by atoms with Gasteiger partial charge < -0.3 is 24.0 Å². The van der Waals surface area contributed by atoms with E-state index in [2.05, 4.69) is 10.3 Å². The summed E-state index contributed by atoms with van der Waals surface area (Å²) in [6.45, 7) is 3.96. The number of aliphatic carboxylic acids is 1. The molecule has 2 N–H and O–H groups in total. The molecule has 0 radical (unpaired) electrons. The molecule has 0 aliphatic heterocycles. The number of aromatic nitrogens is 1. The van der Waals surface area contributed by atoms with Crippen molar-refractivity contribution >= 4 is 11.8 Å². The summed E-state index contributed by atoms with van der Waals surface area (Å²) in [6.07, 6.45) is 3.56. The molecule has 8 nitrogen and oxygen atoms in total. The molecule has 0 amide bonds. The molecule has 4 rings (SSSR count). The predicted molar refractivity (Wildman–Crippen MR) is 137 cm³/mol. The second-order valence-corrected chi connectivity index (χ2v) is 8.54. The van der Waals surface area contributed by atoms with Crippen molar-refractivity contribution in [1.29, 1.82) is 0 Å². The van der Waals surface area contributed by atoms with Crippen molar-refractivity contribution in [2.75, 3.05) is 6.61 Å². The summed E-state index contributed by atoms with van der Waals surface area (Å²) >= 11 is 0. The fourth-order valence-corrected chi connectivity index (χ4v) is 3.79. The zero-order chi connectivity index (χ0) is 26.2. The minimum atomic E-state index is -1.02. The van der Waals surface area contributed by atoms with Crippen molar-refractivity contribution in [3.8, 4) is 17.2 Å². The Morgan fingerprint density at radius 2 is 1.84 bits per heavy atom. The Balaban J connectivity index is 1.30. The molecule has 4 aromatic rings. The van der Waals surface area contributed by atoms with Crippen molar-refractivity contribution in [3.63, 3.8) is 0 Å². The molecule has 0 saturated carbocycles. The maximum absolute atomic E-state index is 12.1. The minimum absolute atomic E-state index is 0.193. The molecule has 0 aliphatic carbocycles. The van der Waals surface area contributed by atoms with Gasteiger partial charge in [0.25, 0.3) is 0 Å². The Morgan fingerprint density at radius 3 is 2.51 bits per heavy atom. The van der Waals surface area contributed by atoms with E-state index in [4.69, 9.17) is 13.6 Å². The van der Waals surface area contributed by atoms with Gasteiger partial charge in [0.2, 0.25) is 11.7 Å². The van der Waals surface area contributed by atoms with Crippen LogP contribution in [0.1, 0.15) is 34.5 Å². The lowest BCUT2D eigenvalue weighted by atomic mass is 10.1. The summed E-state index contributed by atoms with van der Waals surface area (Å²) in [5.74, 6) is 0.871. The van der Waals surface area contributed by atoms with E-state index in [1.54, 1.807) is 19.1 Å². The van der Waals surface area contributed by atoms with Gasteiger partial charge in [0.05, 0.1) is 18.6 Å². The van der Waals surface area contributed by atoms with Gasteiger partial charge in [-0.2, -0.15) is 0 Å². The molecular weight excluding hydrogens is 472 g/mol. The molecule has 0 aliphatic rings. The number of nitrogens with one attached hydrogen (secondary N) is 1. The fourth-order valence-electron chi connectivity index (χ4n) is 3.79. The maximum atomic E-state index is 12.1. The molecule has 2 heterocycles. The van der Waals surface area contributed by atoms with Gasteiger partial charge in [0.1, 0.15) is 17.6 Å². The lowest BCUT2D eigenvalue weighted by Crippen LogP contribution is -2.37. The molecule has 2 aromatic heterocycles. The van der Waals surface area contributed by atoms with E-state index in [9.17, 15) is 14.7 Å². The minimum Gasteiger partial charge on any atom is -0.493 e. The monoisotopic (exact) mass is 500 g/mol. The number of benzene rings is 2. The number of furan rings is 1. The summed E-state index contributed by atoms with van der Waals surface area (Å²) < 4.78 is 16.7. The second kappa shape index (κ2) is 11.9. The third-order valence-electron chi connectivity index (χ3n) is 5.70. The summed E-state index contributed by atoms with van der Waals surface area (Å²) in [6, 6.07) is 19.3. The lowest BCUT2D eigenvalue weighted by Gasteiger charge is -2.16. The summed E-state index contributed by atoms with van der Waals surface area (Å²) in [5.41, 5.74) is 3.03. The Bertz CT molecular complexity index is 1360. The topological polar surface area (TPSA) is 115 Å². The van der Waals surface area contributed by atoms with E-state index in [0.29, 0.717) is 30.4 Å². The van der Waals surface area contributed by atoms with E-state index in [0.717, 1.165) is 22.6 Å². The predicted octanol–water partition coefficient (Wildman–Crippen LogP) is 5.24. The van der Waals surface area contributed by atoms with Crippen molar-refractivity contribution in [2.45, 2.75) is 32.7 Å². The van der Waals surface area contributed by atoms with Gasteiger partial charge in [-0.3, -0.25) is 4.79 Å². The van der Waals surface area contributed by atoms with Gasteiger partial charge in [-0.15, -0.1) is 0 Å². The Labute approximate surface area is 214 Å². The Morgan fingerprint density at radius 1 is 1.08 bits per heavy atom. The molecule has 8 heteroatoms. The molecule has 0 saturated heterocycles. The average Bonchev–Trinajstić information content (AvgIpc) is 3.56. The molecule has 1 atom stereocenters. The molecule has 190 valence electrons. The number of hydrogen-bond acceptors (Lipinski definition) is 7. The number of ketones is 1. The Kier molecular flexibility index (Phi) is 8.20. The third kappa shape index (κ3) is 6.98. The van der Waals surface area contributed by atoms with E-state index >= 15 is 0 Å². The largest absolute Gasteiger partial charge is 0.493 e. The molecule has 0 unspecified atom stereocenters. The number of rotatable bonds is 12. The van der Waals surface area contributed by atoms with Crippen LogP contribution in [0.25, 0.3) is 11.5 Å². The normalized spacial score (nSPS) is 12.2. The third-order valence-corrected chi connectivity index (χ3v) is 5.70. The number of allylic oxidation sites excluding steroid dienone is 2.